The Kier molecular flexibility index (Phi) is 3.29. The molecule has 0 unspecified atom stereocenters. The van der Waals surface area contributed by atoms with E-state index in [1.807, 2.05) is 6.92 Å². The zero-order valence-electron chi connectivity index (χ0n) is 7.34. The lowest BCUT2D eigenvalue weighted by molar-refractivity contribution is -0.131. The van der Waals surface area contributed by atoms with E-state index in [-0.39, 0.29) is 0 Å². The van der Waals surface area contributed by atoms with Gasteiger partial charge in [0.05, 0.1) is 0 Å². The van der Waals surface area contributed by atoms with Crippen LogP contribution in [0.25, 0.3) is 0 Å². The number of rotatable bonds is 5. The first-order chi connectivity index (χ1) is 5.68. The van der Waals surface area contributed by atoms with Gasteiger partial charge >= 0.3 is 5.97 Å². The summed E-state index contributed by atoms with van der Waals surface area (Å²) in [5, 5.41) is 11.6. The van der Waals surface area contributed by atoms with Crippen LogP contribution in [-0.4, -0.2) is 24.2 Å². The number of carboxylic acid groups (broad SMARTS) is 1. The highest BCUT2D eigenvalue weighted by molar-refractivity contribution is 5.80. The molecule has 2 N–H and O–H groups in total. The highest BCUT2D eigenvalue weighted by atomic mass is 16.4. The van der Waals surface area contributed by atoms with E-state index in [9.17, 15) is 4.79 Å². The largest absolute Gasteiger partial charge is 0.478 e. The summed E-state index contributed by atoms with van der Waals surface area (Å²) >= 11 is 0. The molecule has 1 aliphatic carbocycles. The highest BCUT2D eigenvalue weighted by Crippen LogP contribution is 2.27. The standard InChI is InChI=1S/C9H15NO2/c1-7(4-9(11)12)5-10-6-8-2-3-8/h4,8,10H,2-3,5-6H2,1H3,(H,11,12). The number of aliphatic carboxylic acids is 1. The molecule has 0 heterocycles. The number of carboxylic acids is 1. The average Bonchev–Trinajstić information content (AvgIpc) is 2.69. The minimum Gasteiger partial charge on any atom is -0.478 e. The van der Waals surface area contributed by atoms with Crippen LogP contribution >= 0.6 is 0 Å². The molecular weight excluding hydrogens is 154 g/mol. The van der Waals surface area contributed by atoms with Crippen LogP contribution in [0.3, 0.4) is 0 Å². The maximum absolute atomic E-state index is 10.2. The van der Waals surface area contributed by atoms with Gasteiger partial charge in [0.2, 0.25) is 0 Å². The summed E-state index contributed by atoms with van der Waals surface area (Å²) in [6.07, 6.45) is 3.91. The van der Waals surface area contributed by atoms with Gasteiger partial charge in [-0.1, -0.05) is 5.57 Å². The van der Waals surface area contributed by atoms with Gasteiger partial charge in [-0.3, -0.25) is 0 Å². The van der Waals surface area contributed by atoms with E-state index in [2.05, 4.69) is 5.32 Å². The molecule has 3 heteroatoms. The first-order valence-corrected chi connectivity index (χ1v) is 4.29. The number of hydrogen-bond donors (Lipinski definition) is 2. The lowest BCUT2D eigenvalue weighted by atomic mass is 10.3. The summed E-state index contributed by atoms with van der Waals surface area (Å²) in [7, 11) is 0. The quantitative estimate of drug-likeness (QED) is 0.604. The molecule has 0 aromatic rings. The van der Waals surface area contributed by atoms with Crippen molar-refractivity contribution in [3.63, 3.8) is 0 Å². The van der Waals surface area contributed by atoms with Gasteiger partial charge < -0.3 is 10.4 Å². The van der Waals surface area contributed by atoms with Gasteiger partial charge in [0.15, 0.2) is 0 Å². The molecule has 0 atom stereocenters. The predicted molar refractivity (Wildman–Crippen MR) is 47.0 cm³/mol. The molecule has 0 amide bonds. The summed E-state index contributed by atoms with van der Waals surface area (Å²) < 4.78 is 0. The maximum Gasteiger partial charge on any atom is 0.328 e. The summed E-state index contributed by atoms with van der Waals surface area (Å²) in [6.45, 7) is 3.56. The zero-order valence-corrected chi connectivity index (χ0v) is 7.34. The average molecular weight is 169 g/mol. The first kappa shape index (κ1) is 9.26. The number of hydrogen-bond acceptors (Lipinski definition) is 2. The third-order valence-corrected chi connectivity index (χ3v) is 1.90. The van der Waals surface area contributed by atoms with Gasteiger partial charge in [0, 0.05) is 12.6 Å². The Balaban J connectivity index is 2.07. The fraction of sp³-hybridized carbons (Fsp3) is 0.667. The monoisotopic (exact) mass is 169 g/mol. The van der Waals surface area contributed by atoms with E-state index in [0.717, 1.165) is 18.0 Å². The van der Waals surface area contributed by atoms with Crippen molar-refractivity contribution in [3.05, 3.63) is 11.6 Å². The molecule has 0 bridgehead atoms. The van der Waals surface area contributed by atoms with E-state index in [0.29, 0.717) is 6.54 Å². The van der Waals surface area contributed by atoms with Crippen molar-refractivity contribution in [2.24, 2.45) is 5.92 Å². The van der Waals surface area contributed by atoms with Crippen molar-refractivity contribution in [3.8, 4) is 0 Å². The number of nitrogens with one attached hydrogen (secondary N) is 1. The fourth-order valence-corrected chi connectivity index (χ4v) is 1.06. The van der Waals surface area contributed by atoms with E-state index < -0.39 is 5.97 Å². The van der Waals surface area contributed by atoms with Gasteiger partial charge in [-0.25, -0.2) is 4.79 Å². The highest BCUT2D eigenvalue weighted by Gasteiger charge is 2.19. The van der Waals surface area contributed by atoms with Crippen molar-refractivity contribution in [2.45, 2.75) is 19.8 Å². The van der Waals surface area contributed by atoms with Crippen molar-refractivity contribution in [2.75, 3.05) is 13.1 Å². The van der Waals surface area contributed by atoms with Crippen molar-refractivity contribution in [1.29, 1.82) is 0 Å². The Morgan fingerprint density at radius 2 is 2.33 bits per heavy atom. The molecule has 0 spiro atoms. The van der Waals surface area contributed by atoms with Gasteiger partial charge in [0.25, 0.3) is 0 Å². The van der Waals surface area contributed by atoms with Crippen molar-refractivity contribution < 1.29 is 9.90 Å². The molecular formula is C9H15NO2. The summed E-state index contributed by atoms with van der Waals surface area (Å²) in [4.78, 5) is 10.2. The zero-order chi connectivity index (χ0) is 8.97. The van der Waals surface area contributed by atoms with Crippen LogP contribution in [0.4, 0.5) is 0 Å². The second kappa shape index (κ2) is 4.26. The normalized spacial score (nSPS) is 17.9. The molecule has 68 valence electrons. The molecule has 0 aliphatic heterocycles. The summed E-state index contributed by atoms with van der Waals surface area (Å²) in [5.41, 5.74) is 0.878. The Labute approximate surface area is 72.5 Å². The van der Waals surface area contributed by atoms with Crippen LogP contribution in [0.5, 0.6) is 0 Å². The van der Waals surface area contributed by atoms with Crippen molar-refractivity contribution in [1.82, 2.24) is 5.32 Å². The molecule has 12 heavy (non-hydrogen) atoms. The van der Waals surface area contributed by atoms with E-state index >= 15 is 0 Å². The molecule has 3 nitrogen and oxygen atoms in total. The minimum atomic E-state index is -0.860. The SMILES string of the molecule is CC(=CC(=O)O)CNCC1CC1. The Morgan fingerprint density at radius 1 is 1.67 bits per heavy atom. The third-order valence-electron chi connectivity index (χ3n) is 1.90. The predicted octanol–water partition coefficient (Wildman–Crippen LogP) is 1.02. The van der Waals surface area contributed by atoms with Crippen LogP contribution in [-0.2, 0) is 4.79 Å². The molecule has 1 rings (SSSR count). The first-order valence-electron chi connectivity index (χ1n) is 4.29. The summed E-state index contributed by atoms with van der Waals surface area (Å²) in [6, 6.07) is 0. The third kappa shape index (κ3) is 4.13. The molecule has 0 aromatic heterocycles. The fourth-order valence-electron chi connectivity index (χ4n) is 1.06. The topological polar surface area (TPSA) is 49.3 Å². The Morgan fingerprint density at radius 3 is 2.83 bits per heavy atom. The molecule has 0 saturated heterocycles. The lowest BCUT2D eigenvalue weighted by Crippen LogP contribution is -2.19. The Hall–Kier alpha value is -0.830. The van der Waals surface area contributed by atoms with Gasteiger partial charge in [-0.15, -0.1) is 0 Å². The van der Waals surface area contributed by atoms with Crippen LogP contribution in [0, 0.1) is 5.92 Å². The van der Waals surface area contributed by atoms with Crippen molar-refractivity contribution >= 4 is 5.97 Å². The van der Waals surface area contributed by atoms with E-state index in [1.54, 1.807) is 0 Å². The smallest absolute Gasteiger partial charge is 0.328 e. The molecule has 1 aliphatic rings. The van der Waals surface area contributed by atoms with E-state index in [4.69, 9.17) is 5.11 Å². The van der Waals surface area contributed by atoms with Gasteiger partial charge in [-0.2, -0.15) is 0 Å². The second-order valence-corrected chi connectivity index (χ2v) is 3.40. The Bertz CT molecular complexity index is 195. The van der Waals surface area contributed by atoms with Crippen LogP contribution in [0.2, 0.25) is 0 Å². The molecule has 0 radical (unpaired) electrons. The second-order valence-electron chi connectivity index (χ2n) is 3.40. The summed E-state index contributed by atoms with van der Waals surface area (Å²) in [5.74, 6) is -0.0108. The molecule has 0 aromatic carbocycles. The van der Waals surface area contributed by atoms with Gasteiger partial charge in [-0.05, 0) is 32.2 Å². The maximum atomic E-state index is 10.2. The number of carbonyl (C=O) groups is 1. The van der Waals surface area contributed by atoms with Crippen LogP contribution < -0.4 is 5.32 Å². The van der Waals surface area contributed by atoms with E-state index in [1.165, 1.54) is 18.9 Å². The minimum absolute atomic E-state index is 0.697. The van der Waals surface area contributed by atoms with Crippen LogP contribution in [0.1, 0.15) is 19.8 Å². The molecule has 1 saturated carbocycles. The van der Waals surface area contributed by atoms with Crippen LogP contribution in [0.15, 0.2) is 11.6 Å². The molecule has 1 fully saturated rings. The van der Waals surface area contributed by atoms with Gasteiger partial charge in [0.1, 0.15) is 0 Å². The lowest BCUT2D eigenvalue weighted by Gasteiger charge is -2.01.